The Morgan fingerprint density at radius 3 is 2.78 bits per heavy atom. The number of pyridine rings is 1. The summed E-state index contributed by atoms with van der Waals surface area (Å²) in [5, 5.41) is 9.14. The van der Waals surface area contributed by atoms with Gasteiger partial charge in [0.05, 0.1) is 17.2 Å². The number of nitriles is 1. The van der Waals surface area contributed by atoms with Gasteiger partial charge in [-0.2, -0.15) is 9.57 Å². The van der Waals surface area contributed by atoms with Crippen LogP contribution in [0.2, 0.25) is 5.02 Å². The third kappa shape index (κ3) is 3.32. The molecule has 1 spiro atoms. The van der Waals surface area contributed by atoms with Gasteiger partial charge in [-0.05, 0) is 36.2 Å². The summed E-state index contributed by atoms with van der Waals surface area (Å²) in [4.78, 5) is 3.92. The van der Waals surface area contributed by atoms with Crippen LogP contribution >= 0.6 is 11.6 Å². The lowest BCUT2D eigenvalue weighted by Gasteiger charge is -2.15. The minimum absolute atomic E-state index is 0.0134. The van der Waals surface area contributed by atoms with Crippen molar-refractivity contribution >= 4 is 21.6 Å². The summed E-state index contributed by atoms with van der Waals surface area (Å²) in [6, 6.07) is 9.10. The molecule has 4 rings (SSSR count). The highest BCUT2D eigenvalue weighted by atomic mass is 35.5. The van der Waals surface area contributed by atoms with Crippen molar-refractivity contribution in [1.82, 2.24) is 9.29 Å². The van der Waals surface area contributed by atoms with Gasteiger partial charge in [-0.1, -0.05) is 17.7 Å². The van der Waals surface area contributed by atoms with Crippen LogP contribution in [-0.2, 0) is 21.2 Å². The van der Waals surface area contributed by atoms with Crippen LogP contribution < -0.4 is 0 Å². The summed E-state index contributed by atoms with van der Waals surface area (Å²) < 4.78 is 46.6. The van der Waals surface area contributed by atoms with Crippen LogP contribution in [0.4, 0.5) is 4.39 Å². The first-order valence-electron chi connectivity index (χ1n) is 8.28. The molecule has 140 valence electrons. The van der Waals surface area contributed by atoms with Crippen molar-refractivity contribution in [2.45, 2.75) is 17.0 Å². The predicted molar refractivity (Wildman–Crippen MR) is 95.0 cm³/mol. The number of hydrogen-bond acceptors (Lipinski definition) is 5. The van der Waals surface area contributed by atoms with E-state index in [9.17, 15) is 12.8 Å². The van der Waals surface area contributed by atoms with E-state index in [-0.39, 0.29) is 29.6 Å². The Morgan fingerprint density at radius 1 is 1.41 bits per heavy atom. The van der Waals surface area contributed by atoms with Gasteiger partial charge in [0, 0.05) is 25.2 Å². The summed E-state index contributed by atoms with van der Waals surface area (Å²) in [6.07, 6.45) is 1.76. The molecular weight excluding hydrogens is 393 g/mol. The topological polar surface area (TPSA) is 86.6 Å². The Bertz CT molecular complexity index is 1030. The smallest absolute Gasteiger partial charge is 0.260 e. The summed E-state index contributed by atoms with van der Waals surface area (Å²) in [6.45, 7) is 0.966. The molecule has 0 amide bonds. The van der Waals surface area contributed by atoms with Gasteiger partial charge in [0.25, 0.3) is 10.0 Å². The monoisotopic (exact) mass is 407 g/mol. The Morgan fingerprint density at radius 2 is 2.19 bits per heavy atom. The standard InChI is InChI=1S/C18H15ClFN3O3S/c19-15-3-4-17(22-8-15)27(24,25)23-9-14(18(10-23)11-26-18)5-12-1-2-13(7-21)16(20)6-12/h1-4,6,8,14H,5,9-11H2/t14-,18?/m0/s1. The number of aromatic nitrogens is 1. The molecule has 0 bridgehead atoms. The van der Waals surface area contributed by atoms with Crippen molar-refractivity contribution in [3.05, 3.63) is 58.5 Å². The number of epoxide rings is 1. The van der Waals surface area contributed by atoms with Gasteiger partial charge in [0.1, 0.15) is 17.5 Å². The van der Waals surface area contributed by atoms with Crippen molar-refractivity contribution in [2.24, 2.45) is 5.92 Å². The zero-order chi connectivity index (χ0) is 19.2. The molecule has 0 saturated carbocycles. The Balaban J connectivity index is 1.56. The van der Waals surface area contributed by atoms with Crippen LogP contribution in [0.3, 0.4) is 0 Å². The average molecular weight is 408 g/mol. The largest absolute Gasteiger partial charge is 0.368 e. The molecule has 2 atom stereocenters. The fourth-order valence-electron chi connectivity index (χ4n) is 3.47. The van der Waals surface area contributed by atoms with Crippen molar-refractivity contribution in [3.8, 4) is 6.07 Å². The van der Waals surface area contributed by atoms with E-state index in [2.05, 4.69) is 4.98 Å². The number of benzene rings is 1. The number of sulfonamides is 1. The second-order valence-electron chi connectivity index (χ2n) is 6.79. The second-order valence-corrected chi connectivity index (χ2v) is 9.11. The third-order valence-electron chi connectivity index (χ3n) is 5.07. The van der Waals surface area contributed by atoms with Crippen LogP contribution in [-0.4, -0.2) is 43.0 Å². The molecule has 0 radical (unpaired) electrons. The number of rotatable bonds is 4. The first-order valence-corrected chi connectivity index (χ1v) is 10.1. The number of ether oxygens (including phenoxy) is 1. The number of hydrogen-bond donors (Lipinski definition) is 0. The maximum Gasteiger partial charge on any atom is 0.260 e. The average Bonchev–Trinajstić information content (AvgIpc) is 3.32. The fraction of sp³-hybridized carbons (Fsp3) is 0.333. The van der Waals surface area contributed by atoms with E-state index in [1.807, 2.05) is 0 Å². The second kappa shape index (κ2) is 6.53. The zero-order valence-corrected chi connectivity index (χ0v) is 15.7. The van der Waals surface area contributed by atoms with Gasteiger partial charge in [-0.25, -0.2) is 17.8 Å². The molecule has 3 heterocycles. The van der Waals surface area contributed by atoms with Gasteiger partial charge < -0.3 is 4.74 Å². The van der Waals surface area contributed by atoms with Crippen molar-refractivity contribution in [2.75, 3.05) is 19.7 Å². The molecule has 1 aromatic carbocycles. The minimum atomic E-state index is -3.76. The first kappa shape index (κ1) is 18.3. The van der Waals surface area contributed by atoms with Crippen LogP contribution in [0.1, 0.15) is 11.1 Å². The molecule has 0 aliphatic carbocycles. The highest BCUT2D eigenvalue weighted by Gasteiger charge is 2.59. The zero-order valence-electron chi connectivity index (χ0n) is 14.1. The lowest BCUT2D eigenvalue weighted by atomic mass is 9.90. The Hall–Kier alpha value is -2.05. The summed E-state index contributed by atoms with van der Waals surface area (Å²) in [5.41, 5.74) is 0.153. The van der Waals surface area contributed by atoms with E-state index in [0.29, 0.717) is 23.6 Å². The maximum absolute atomic E-state index is 13.9. The lowest BCUT2D eigenvalue weighted by Crippen LogP contribution is -2.31. The molecule has 2 aliphatic rings. The van der Waals surface area contributed by atoms with Gasteiger partial charge in [-0.3, -0.25) is 0 Å². The third-order valence-corrected chi connectivity index (χ3v) is 7.02. The van der Waals surface area contributed by atoms with Crippen LogP contribution in [0.25, 0.3) is 0 Å². The van der Waals surface area contributed by atoms with E-state index in [0.717, 1.165) is 0 Å². The molecule has 0 N–H and O–H groups in total. The van der Waals surface area contributed by atoms with Crippen molar-refractivity contribution in [1.29, 1.82) is 5.26 Å². The van der Waals surface area contributed by atoms with E-state index in [1.54, 1.807) is 12.1 Å². The van der Waals surface area contributed by atoms with Gasteiger partial charge >= 0.3 is 0 Å². The van der Waals surface area contributed by atoms with E-state index >= 15 is 0 Å². The Labute approximate surface area is 161 Å². The molecule has 2 aromatic rings. The van der Waals surface area contributed by atoms with Crippen molar-refractivity contribution in [3.63, 3.8) is 0 Å². The molecule has 9 heteroatoms. The molecule has 1 aromatic heterocycles. The van der Waals surface area contributed by atoms with Crippen molar-refractivity contribution < 1.29 is 17.5 Å². The predicted octanol–water partition coefficient (Wildman–Crippen LogP) is 2.38. The molecule has 2 saturated heterocycles. The molecule has 6 nitrogen and oxygen atoms in total. The highest BCUT2D eigenvalue weighted by Crippen LogP contribution is 2.45. The molecule has 1 unspecified atom stereocenters. The number of nitrogens with zero attached hydrogens (tertiary/aromatic N) is 3. The summed E-state index contributed by atoms with van der Waals surface area (Å²) in [5.74, 6) is -0.680. The number of halogens is 2. The van der Waals surface area contributed by atoms with Crippen LogP contribution in [0, 0.1) is 23.1 Å². The minimum Gasteiger partial charge on any atom is -0.368 e. The van der Waals surface area contributed by atoms with E-state index in [4.69, 9.17) is 21.6 Å². The highest BCUT2D eigenvalue weighted by molar-refractivity contribution is 7.89. The van der Waals surface area contributed by atoms with Gasteiger partial charge in [0.15, 0.2) is 5.03 Å². The fourth-order valence-corrected chi connectivity index (χ4v) is 5.03. The lowest BCUT2D eigenvalue weighted by molar-refractivity contribution is 0.261. The molecule has 27 heavy (non-hydrogen) atoms. The summed E-state index contributed by atoms with van der Waals surface area (Å²) in [7, 11) is -3.76. The van der Waals surface area contributed by atoms with Gasteiger partial charge in [0.2, 0.25) is 0 Å². The van der Waals surface area contributed by atoms with E-state index in [1.165, 1.54) is 34.8 Å². The quantitative estimate of drug-likeness (QED) is 0.726. The molecule has 2 fully saturated rings. The van der Waals surface area contributed by atoms with Gasteiger partial charge in [-0.15, -0.1) is 0 Å². The SMILES string of the molecule is N#Cc1ccc(C[C@H]2CN(S(=O)(=O)c3ccc(Cl)cn3)CC23CO3)cc1F. The molecular formula is C18H15ClFN3O3S. The van der Waals surface area contributed by atoms with E-state index < -0.39 is 21.4 Å². The molecule has 2 aliphatic heterocycles. The van der Waals surface area contributed by atoms with Crippen LogP contribution in [0.15, 0.2) is 41.6 Å². The normalized spacial score (nSPS) is 24.9. The Kier molecular flexibility index (Phi) is 4.43. The first-order chi connectivity index (χ1) is 12.8. The van der Waals surface area contributed by atoms with Crippen LogP contribution in [0.5, 0.6) is 0 Å². The summed E-state index contributed by atoms with van der Waals surface area (Å²) >= 11 is 5.78. The maximum atomic E-state index is 13.9.